The Hall–Kier alpha value is -2.84. The second kappa shape index (κ2) is 8.70. The molecule has 0 saturated heterocycles. The van der Waals surface area contributed by atoms with Crippen molar-refractivity contribution in [1.82, 2.24) is 19.9 Å². The molecule has 0 atom stereocenters. The number of hydrogen-bond donors (Lipinski definition) is 1. The zero-order chi connectivity index (χ0) is 19.2. The molecule has 2 heterocycles. The second-order valence-corrected chi connectivity index (χ2v) is 6.97. The van der Waals surface area contributed by atoms with Gasteiger partial charge in [0.05, 0.1) is 34.8 Å². The van der Waals surface area contributed by atoms with Crippen LogP contribution < -0.4 is 5.56 Å². The van der Waals surface area contributed by atoms with Gasteiger partial charge in [0.1, 0.15) is 5.82 Å². The number of nitrogens with one attached hydrogen (secondary N) is 1. The average Bonchev–Trinajstić information content (AvgIpc) is 3.08. The van der Waals surface area contributed by atoms with E-state index in [0.29, 0.717) is 29.9 Å². The minimum Gasteiger partial charge on any atom is -0.383 e. The molecule has 7 nitrogen and oxygen atoms in total. The molecule has 27 heavy (non-hydrogen) atoms. The van der Waals surface area contributed by atoms with Crippen LogP contribution in [0.15, 0.2) is 40.5 Å². The van der Waals surface area contributed by atoms with Crippen LogP contribution in [-0.2, 0) is 16.1 Å². The lowest BCUT2D eigenvalue weighted by molar-refractivity contribution is -0.127. The van der Waals surface area contributed by atoms with Gasteiger partial charge in [-0.3, -0.25) is 9.59 Å². The first kappa shape index (κ1) is 18.9. The van der Waals surface area contributed by atoms with Gasteiger partial charge in [-0.15, -0.1) is 11.3 Å². The minimum atomic E-state index is -0.219. The Morgan fingerprint density at radius 1 is 1.33 bits per heavy atom. The SMILES string of the molecule is COCCN(Cc1nc2ccccc2c(=O)[nH]1)C(=O)C=Cc1csc(C)n1. The van der Waals surface area contributed by atoms with Crippen LogP contribution in [0.25, 0.3) is 17.0 Å². The Labute approximate surface area is 160 Å². The van der Waals surface area contributed by atoms with Gasteiger partial charge in [0.15, 0.2) is 0 Å². The summed E-state index contributed by atoms with van der Waals surface area (Å²) in [6, 6.07) is 7.11. The van der Waals surface area contributed by atoms with E-state index in [4.69, 9.17) is 4.74 Å². The van der Waals surface area contributed by atoms with Crippen molar-refractivity contribution < 1.29 is 9.53 Å². The molecule has 0 saturated carbocycles. The molecular weight excluding hydrogens is 364 g/mol. The highest BCUT2D eigenvalue weighted by Gasteiger charge is 2.14. The lowest BCUT2D eigenvalue weighted by Gasteiger charge is -2.20. The average molecular weight is 384 g/mol. The molecule has 2 aromatic heterocycles. The van der Waals surface area contributed by atoms with Crippen LogP contribution in [0.2, 0.25) is 0 Å². The first-order valence-corrected chi connectivity index (χ1v) is 9.31. The van der Waals surface area contributed by atoms with E-state index in [-0.39, 0.29) is 18.0 Å². The van der Waals surface area contributed by atoms with Crippen molar-refractivity contribution in [3.05, 3.63) is 62.6 Å². The second-order valence-electron chi connectivity index (χ2n) is 5.91. The highest BCUT2D eigenvalue weighted by molar-refractivity contribution is 7.09. The fourth-order valence-corrected chi connectivity index (χ4v) is 3.16. The predicted molar refractivity (Wildman–Crippen MR) is 106 cm³/mol. The zero-order valence-corrected chi connectivity index (χ0v) is 16.0. The number of ether oxygens (including phenoxy) is 1. The van der Waals surface area contributed by atoms with E-state index in [1.165, 1.54) is 17.4 Å². The van der Waals surface area contributed by atoms with Gasteiger partial charge in [0, 0.05) is 25.1 Å². The lowest BCUT2D eigenvalue weighted by atomic mass is 10.2. The molecule has 140 valence electrons. The number of fused-ring (bicyclic) bond motifs is 1. The number of amides is 1. The molecule has 0 aliphatic carbocycles. The Kier molecular flexibility index (Phi) is 6.10. The monoisotopic (exact) mass is 384 g/mol. The maximum Gasteiger partial charge on any atom is 0.258 e. The maximum absolute atomic E-state index is 12.6. The summed E-state index contributed by atoms with van der Waals surface area (Å²) in [6.45, 7) is 2.86. The molecule has 3 rings (SSSR count). The minimum absolute atomic E-state index is 0.183. The number of aryl methyl sites for hydroxylation is 1. The summed E-state index contributed by atoms with van der Waals surface area (Å²) in [4.78, 5) is 38.0. The van der Waals surface area contributed by atoms with Crippen LogP contribution in [0.3, 0.4) is 0 Å². The lowest BCUT2D eigenvalue weighted by Crippen LogP contribution is -2.33. The van der Waals surface area contributed by atoms with Gasteiger partial charge in [-0.05, 0) is 25.1 Å². The molecule has 1 N–H and O–H groups in total. The molecule has 0 bridgehead atoms. The Balaban J connectivity index is 1.81. The number of carbonyl (C=O) groups excluding carboxylic acids is 1. The van der Waals surface area contributed by atoms with E-state index >= 15 is 0 Å². The van der Waals surface area contributed by atoms with Crippen LogP contribution in [0.1, 0.15) is 16.5 Å². The zero-order valence-electron chi connectivity index (χ0n) is 15.1. The van der Waals surface area contributed by atoms with E-state index in [9.17, 15) is 9.59 Å². The molecule has 1 aromatic carbocycles. The van der Waals surface area contributed by atoms with Gasteiger partial charge < -0.3 is 14.6 Å². The van der Waals surface area contributed by atoms with Crippen molar-refractivity contribution in [1.29, 1.82) is 0 Å². The third kappa shape index (κ3) is 4.87. The summed E-state index contributed by atoms with van der Waals surface area (Å²) >= 11 is 1.53. The van der Waals surface area contributed by atoms with Crippen molar-refractivity contribution in [2.75, 3.05) is 20.3 Å². The number of aromatic nitrogens is 3. The Morgan fingerprint density at radius 3 is 2.89 bits per heavy atom. The van der Waals surface area contributed by atoms with Crippen LogP contribution in [-0.4, -0.2) is 46.0 Å². The van der Waals surface area contributed by atoms with Gasteiger partial charge in [-0.1, -0.05) is 12.1 Å². The van der Waals surface area contributed by atoms with E-state index in [1.54, 1.807) is 36.3 Å². The summed E-state index contributed by atoms with van der Waals surface area (Å²) in [5.41, 5.74) is 1.13. The molecule has 0 unspecified atom stereocenters. The number of nitrogens with zero attached hydrogens (tertiary/aromatic N) is 3. The number of carbonyl (C=O) groups is 1. The molecule has 0 radical (unpaired) electrons. The van der Waals surface area contributed by atoms with Crippen molar-refractivity contribution in [3.63, 3.8) is 0 Å². The molecule has 0 aliphatic rings. The summed E-state index contributed by atoms with van der Waals surface area (Å²) in [6.07, 6.45) is 3.16. The fraction of sp³-hybridized carbons (Fsp3) is 0.263. The van der Waals surface area contributed by atoms with E-state index in [2.05, 4.69) is 15.0 Å². The third-order valence-electron chi connectivity index (χ3n) is 3.91. The number of methoxy groups -OCH3 is 1. The predicted octanol–water partition coefficient (Wildman–Crippen LogP) is 2.38. The van der Waals surface area contributed by atoms with E-state index < -0.39 is 0 Å². The number of para-hydroxylation sites is 1. The molecular formula is C19H20N4O3S. The Bertz CT molecular complexity index is 1020. The van der Waals surface area contributed by atoms with Gasteiger partial charge in [-0.2, -0.15) is 0 Å². The number of thiazole rings is 1. The smallest absolute Gasteiger partial charge is 0.258 e. The number of rotatable bonds is 7. The summed E-state index contributed by atoms with van der Waals surface area (Å²) < 4.78 is 5.10. The van der Waals surface area contributed by atoms with Gasteiger partial charge in [0.25, 0.3) is 5.56 Å². The number of benzene rings is 1. The van der Waals surface area contributed by atoms with E-state index in [0.717, 1.165) is 10.7 Å². The van der Waals surface area contributed by atoms with Crippen molar-refractivity contribution in [2.24, 2.45) is 0 Å². The number of hydrogen-bond acceptors (Lipinski definition) is 6. The first-order valence-electron chi connectivity index (χ1n) is 8.43. The maximum atomic E-state index is 12.6. The largest absolute Gasteiger partial charge is 0.383 e. The molecule has 0 spiro atoms. The van der Waals surface area contributed by atoms with Crippen LogP contribution >= 0.6 is 11.3 Å². The highest BCUT2D eigenvalue weighted by atomic mass is 32.1. The van der Waals surface area contributed by atoms with Crippen LogP contribution in [0.4, 0.5) is 0 Å². The summed E-state index contributed by atoms with van der Waals surface area (Å²) in [5, 5.41) is 3.35. The quantitative estimate of drug-likeness (QED) is 0.632. The molecule has 0 fully saturated rings. The molecule has 8 heteroatoms. The Morgan fingerprint density at radius 2 is 2.15 bits per heavy atom. The first-order chi connectivity index (χ1) is 13.1. The van der Waals surface area contributed by atoms with Gasteiger partial charge >= 0.3 is 0 Å². The number of H-pyrrole nitrogens is 1. The summed E-state index contributed by atoms with van der Waals surface area (Å²) in [5.74, 6) is 0.231. The highest BCUT2D eigenvalue weighted by Crippen LogP contribution is 2.11. The fourth-order valence-electron chi connectivity index (χ4n) is 2.58. The third-order valence-corrected chi connectivity index (χ3v) is 4.70. The van der Waals surface area contributed by atoms with Crippen LogP contribution in [0, 0.1) is 6.92 Å². The van der Waals surface area contributed by atoms with Crippen molar-refractivity contribution in [3.8, 4) is 0 Å². The standard InChI is InChI=1S/C19H20N4O3S/c1-13-20-14(12-27-13)7-8-18(24)23(9-10-26-2)11-17-21-16-6-4-3-5-15(16)19(25)22-17/h3-8,12H,9-11H2,1-2H3,(H,21,22,25). The van der Waals surface area contributed by atoms with Crippen molar-refractivity contribution >= 4 is 34.2 Å². The molecule has 3 aromatic rings. The van der Waals surface area contributed by atoms with Gasteiger partial charge in [-0.25, -0.2) is 9.97 Å². The molecule has 1 amide bonds. The van der Waals surface area contributed by atoms with Crippen molar-refractivity contribution in [2.45, 2.75) is 13.5 Å². The molecule has 0 aliphatic heterocycles. The number of aromatic amines is 1. The normalized spacial score (nSPS) is 11.3. The van der Waals surface area contributed by atoms with E-state index in [1.807, 2.05) is 18.4 Å². The van der Waals surface area contributed by atoms with Crippen LogP contribution in [0.5, 0.6) is 0 Å². The summed E-state index contributed by atoms with van der Waals surface area (Å²) in [7, 11) is 1.58. The topological polar surface area (TPSA) is 88.2 Å². The van der Waals surface area contributed by atoms with Gasteiger partial charge in [0.2, 0.25) is 5.91 Å².